The van der Waals surface area contributed by atoms with Gasteiger partial charge < -0.3 is 0 Å². The van der Waals surface area contributed by atoms with Crippen molar-refractivity contribution in [1.29, 1.82) is 0 Å². The van der Waals surface area contributed by atoms with E-state index in [4.69, 9.17) is 0 Å². The highest BCUT2D eigenvalue weighted by Crippen LogP contribution is 2.56. The molecule has 1 heterocycles. The second-order valence-corrected chi connectivity index (χ2v) is 4.46. The molecule has 1 nitrogen and oxygen atoms in total. The van der Waals surface area contributed by atoms with Gasteiger partial charge in [0.25, 0.3) is 0 Å². The van der Waals surface area contributed by atoms with E-state index in [-0.39, 0.29) is 0 Å². The summed E-state index contributed by atoms with van der Waals surface area (Å²) in [5.41, 5.74) is -18.6. The molecule has 0 saturated carbocycles. The van der Waals surface area contributed by atoms with Gasteiger partial charge in [0.15, 0.2) is 5.82 Å². The number of halogens is 15. The smallest absolute Gasteiger partial charge is 0.219 e. The molecule has 0 bridgehead atoms. The summed E-state index contributed by atoms with van der Waals surface area (Å²) in [5, 5.41) is 0. The van der Waals surface area contributed by atoms with Crippen LogP contribution in [0.1, 0.15) is 16.8 Å². The average Bonchev–Trinajstić information content (AvgIpc) is 2.30. The average molecular weight is 419 g/mol. The Kier molecular flexibility index (Phi) is 4.94. The first kappa shape index (κ1) is 22.1. The number of nitrogens with zero attached hydrogens (tertiary/aromatic N) is 1. The Morgan fingerprint density at radius 3 is 1.15 bits per heavy atom. The molecule has 1 aromatic heterocycles. The molecule has 1 aromatic rings. The molecule has 0 spiro atoms. The maximum absolute atomic E-state index is 13.7. The monoisotopic (exact) mass is 419 g/mol. The Bertz CT molecular complexity index is 675. The maximum Gasteiger partial charge on any atom is 0.437 e. The van der Waals surface area contributed by atoms with Gasteiger partial charge in [0, 0.05) is 0 Å². The van der Waals surface area contributed by atoms with Crippen LogP contribution in [0.5, 0.6) is 0 Å². The molecule has 0 aliphatic heterocycles. The zero-order valence-electron chi connectivity index (χ0n) is 11.1. The Morgan fingerprint density at radius 1 is 0.538 bits per heavy atom. The maximum atomic E-state index is 13.7. The van der Waals surface area contributed by atoms with Gasteiger partial charge in [-0.25, -0.2) is 13.8 Å². The van der Waals surface area contributed by atoms with Gasteiger partial charge in [-0.05, 0) is 0 Å². The topological polar surface area (TPSA) is 12.9 Å². The summed E-state index contributed by atoms with van der Waals surface area (Å²) in [6.07, 6.45) is -27.7. The quantitative estimate of drug-likeness (QED) is 0.421. The highest BCUT2D eigenvalue weighted by Gasteiger charge is 2.76. The number of alkyl halides is 13. The van der Waals surface area contributed by atoms with Gasteiger partial charge in [-0.15, -0.1) is 0 Å². The molecule has 0 fully saturated rings. The van der Waals surface area contributed by atoms with Crippen LogP contribution in [0.3, 0.4) is 0 Å². The molecule has 26 heavy (non-hydrogen) atoms. The van der Waals surface area contributed by atoms with Crippen molar-refractivity contribution in [2.24, 2.45) is 0 Å². The van der Waals surface area contributed by atoms with E-state index >= 15 is 0 Å². The van der Waals surface area contributed by atoms with Crippen LogP contribution in [0.4, 0.5) is 65.9 Å². The van der Waals surface area contributed by atoms with Gasteiger partial charge >= 0.3 is 30.4 Å². The second kappa shape index (κ2) is 5.80. The Labute approximate surface area is 131 Å². The van der Waals surface area contributed by atoms with Crippen LogP contribution in [-0.2, 0) is 18.0 Å². The Balaban J connectivity index is 4.18. The molecule has 0 aliphatic carbocycles. The third kappa shape index (κ3) is 3.36. The highest BCUT2D eigenvalue weighted by molar-refractivity contribution is 5.38. The summed E-state index contributed by atoms with van der Waals surface area (Å²) in [5.74, 6) is -7.48. The lowest BCUT2D eigenvalue weighted by molar-refractivity contribution is -0.351. The first-order valence-electron chi connectivity index (χ1n) is 5.53. The van der Waals surface area contributed by atoms with Gasteiger partial charge in [0.1, 0.15) is 16.8 Å². The van der Waals surface area contributed by atoms with E-state index in [0.29, 0.717) is 0 Å². The Hall–Kier alpha value is -1.90. The molecule has 0 aromatic carbocycles. The lowest BCUT2D eigenvalue weighted by atomic mass is 9.93. The predicted molar refractivity (Wildman–Crippen MR) is 49.1 cm³/mol. The van der Waals surface area contributed by atoms with Crippen LogP contribution >= 0.6 is 0 Å². The molecular weight excluding hydrogens is 419 g/mol. The Morgan fingerprint density at radius 2 is 0.885 bits per heavy atom. The van der Waals surface area contributed by atoms with Crippen LogP contribution in [0.25, 0.3) is 0 Å². The van der Waals surface area contributed by atoms with Gasteiger partial charge in [-0.1, -0.05) is 0 Å². The van der Waals surface area contributed by atoms with Crippen molar-refractivity contribution in [3.8, 4) is 0 Å². The van der Waals surface area contributed by atoms with Crippen LogP contribution in [0.2, 0.25) is 0 Å². The summed E-state index contributed by atoms with van der Waals surface area (Å²) >= 11 is 0. The standard InChI is InChI=1S/C10F15N/c11-3-1(7(14,15)16)4(26-5(12)2(3)8(17,18)19)6(13,9(20,21)22)10(23,24)25. The number of hydrogen-bond acceptors (Lipinski definition) is 1. The molecule has 0 N–H and O–H groups in total. The van der Waals surface area contributed by atoms with E-state index < -0.39 is 59.0 Å². The minimum Gasteiger partial charge on any atom is -0.219 e. The molecule has 16 heteroatoms. The van der Waals surface area contributed by atoms with Crippen molar-refractivity contribution in [3.63, 3.8) is 0 Å². The normalized spacial score (nSPS) is 14.7. The molecule has 0 aliphatic rings. The fraction of sp³-hybridized carbons (Fsp3) is 0.500. The number of aromatic nitrogens is 1. The van der Waals surface area contributed by atoms with E-state index in [1.54, 1.807) is 0 Å². The molecule has 0 radical (unpaired) electrons. The van der Waals surface area contributed by atoms with Crippen LogP contribution in [0.15, 0.2) is 0 Å². The molecule has 0 atom stereocenters. The van der Waals surface area contributed by atoms with Crippen molar-refractivity contribution < 1.29 is 65.9 Å². The first-order valence-corrected chi connectivity index (χ1v) is 5.53. The summed E-state index contributed by atoms with van der Waals surface area (Å²) in [6, 6.07) is 0. The van der Waals surface area contributed by atoms with Crippen molar-refractivity contribution >= 4 is 0 Å². The SMILES string of the molecule is Fc1nc(C(F)(C(F)(F)F)C(F)(F)F)c(C(F)(F)F)c(F)c1C(F)(F)F. The fourth-order valence-electron chi connectivity index (χ4n) is 1.71. The molecule has 0 saturated heterocycles. The van der Waals surface area contributed by atoms with E-state index in [1.165, 1.54) is 4.98 Å². The van der Waals surface area contributed by atoms with Gasteiger partial charge in [-0.3, -0.25) is 0 Å². The van der Waals surface area contributed by atoms with Gasteiger partial charge in [-0.2, -0.15) is 57.1 Å². The molecule has 0 unspecified atom stereocenters. The van der Waals surface area contributed by atoms with Crippen LogP contribution in [-0.4, -0.2) is 17.3 Å². The van der Waals surface area contributed by atoms with Crippen molar-refractivity contribution in [1.82, 2.24) is 4.98 Å². The largest absolute Gasteiger partial charge is 0.437 e. The summed E-state index contributed by atoms with van der Waals surface area (Å²) in [4.78, 5) is 1.21. The van der Waals surface area contributed by atoms with Crippen molar-refractivity contribution in [2.45, 2.75) is 30.4 Å². The van der Waals surface area contributed by atoms with Crippen molar-refractivity contribution in [2.75, 3.05) is 0 Å². The second-order valence-electron chi connectivity index (χ2n) is 4.46. The number of pyridine rings is 1. The van der Waals surface area contributed by atoms with E-state index in [0.717, 1.165) is 0 Å². The minimum absolute atomic E-state index is 1.21. The lowest BCUT2D eigenvalue weighted by Crippen LogP contribution is -2.52. The molecule has 150 valence electrons. The van der Waals surface area contributed by atoms with E-state index in [9.17, 15) is 65.9 Å². The van der Waals surface area contributed by atoms with Crippen molar-refractivity contribution in [3.05, 3.63) is 28.6 Å². The van der Waals surface area contributed by atoms with Crippen LogP contribution in [0, 0.1) is 11.8 Å². The molecule has 0 amide bonds. The van der Waals surface area contributed by atoms with Crippen LogP contribution < -0.4 is 0 Å². The fourth-order valence-corrected chi connectivity index (χ4v) is 1.71. The zero-order valence-corrected chi connectivity index (χ0v) is 11.1. The summed E-state index contributed by atoms with van der Waals surface area (Å²) in [6.45, 7) is 0. The highest BCUT2D eigenvalue weighted by atomic mass is 19.4. The first-order chi connectivity index (χ1) is 11.2. The molecule has 1 rings (SSSR count). The molecular formula is C10F15N. The van der Waals surface area contributed by atoms with E-state index in [2.05, 4.69) is 0 Å². The summed E-state index contributed by atoms with van der Waals surface area (Å²) in [7, 11) is 0. The van der Waals surface area contributed by atoms with E-state index in [1.807, 2.05) is 0 Å². The zero-order chi connectivity index (χ0) is 21.1. The number of rotatable bonds is 1. The number of hydrogen-bond donors (Lipinski definition) is 0. The third-order valence-electron chi connectivity index (χ3n) is 2.77. The summed E-state index contributed by atoms with van der Waals surface area (Å²) < 4.78 is 190. The van der Waals surface area contributed by atoms with Gasteiger partial charge in [0.2, 0.25) is 5.95 Å². The predicted octanol–water partition coefficient (Wildman–Crippen LogP) is 5.69. The minimum atomic E-state index is -7.31. The lowest BCUT2D eigenvalue weighted by Gasteiger charge is -2.31. The van der Waals surface area contributed by atoms with Gasteiger partial charge in [0.05, 0.1) is 0 Å². The third-order valence-corrected chi connectivity index (χ3v) is 2.77.